The zero-order chi connectivity index (χ0) is 18.0. The van der Waals surface area contributed by atoms with Gasteiger partial charge >= 0.3 is 6.18 Å². The van der Waals surface area contributed by atoms with Crippen molar-refractivity contribution in [2.24, 2.45) is 4.99 Å². The van der Waals surface area contributed by atoms with Gasteiger partial charge in [0.05, 0.1) is 12.1 Å². The average molecular weight is 355 g/mol. The molecule has 1 saturated heterocycles. The number of aliphatic imine (C=N–C) groups is 1. The molecular formula is C17H24F3N5. The highest BCUT2D eigenvalue weighted by Gasteiger charge is 2.31. The van der Waals surface area contributed by atoms with E-state index in [1.807, 2.05) is 11.9 Å². The van der Waals surface area contributed by atoms with Crippen molar-refractivity contribution in [3.63, 3.8) is 0 Å². The van der Waals surface area contributed by atoms with E-state index in [0.717, 1.165) is 44.4 Å². The fraction of sp³-hybridized carbons (Fsp3) is 0.588. The molecule has 1 aromatic rings. The highest BCUT2D eigenvalue weighted by molar-refractivity contribution is 5.81. The summed E-state index contributed by atoms with van der Waals surface area (Å²) < 4.78 is 39.4. The second-order valence-electron chi connectivity index (χ2n) is 6.61. The van der Waals surface area contributed by atoms with Gasteiger partial charge in [0.25, 0.3) is 0 Å². The predicted octanol–water partition coefficient (Wildman–Crippen LogP) is 1.85. The van der Waals surface area contributed by atoms with Gasteiger partial charge < -0.3 is 20.0 Å². The van der Waals surface area contributed by atoms with Crippen LogP contribution in [-0.2, 0) is 12.7 Å². The minimum Gasteiger partial charge on any atom is -0.369 e. The largest absolute Gasteiger partial charge is 0.416 e. The van der Waals surface area contributed by atoms with Crippen molar-refractivity contribution in [2.45, 2.75) is 12.7 Å². The van der Waals surface area contributed by atoms with Gasteiger partial charge in [0, 0.05) is 52.0 Å². The lowest BCUT2D eigenvalue weighted by Gasteiger charge is -2.35. The van der Waals surface area contributed by atoms with Crippen LogP contribution in [0.4, 0.5) is 18.9 Å². The lowest BCUT2D eigenvalue weighted by Crippen LogP contribution is -2.45. The van der Waals surface area contributed by atoms with Crippen molar-refractivity contribution >= 4 is 11.6 Å². The summed E-state index contributed by atoms with van der Waals surface area (Å²) in [6.07, 6.45) is -4.34. The fourth-order valence-corrected chi connectivity index (χ4v) is 3.16. The standard InChI is InChI=1S/C17H24F3N5/c1-23-7-9-25(10-8-23)15-4-3-14(17(18,19)20)11-13(15)12-22-16-21-5-6-24(16)2/h3-4,11H,5-10,12H2,1-2H3,(H,21,22). The maximum absolute atomic E-state index is 13.1. The molecule has 0 saturated carbocycles. The van der Waals surface area contributed by atoms with Crippen molar-refractivity contribution in [1.29, 1.82) is 0 Å². The molecule has 1 N–H and O–H groups in total. The van der Waals surface area contributed by atoms with E-state index in [9.17, 15) is 13.2 Å². The van der Waals surface area contributed by atoms with Crippen molar-refractivity contribution in [2.75, 3.05) is 58.3 Å². The smallest absolute Gasteiger partial charge is 0.369 e. The molecule has 25 heavy (non-hydrogen) atoms. The molecule has 2 heterocycles. The Kier molecular flexibility index (Phi) is 5.08. The summed E-state index contributed by atoms with van der Waals surface area (Å²) in [4.78, 5) is 10.7. The van der Waals surface area contributed by atoms with E-state index in [2.05, 4.69) is 27.2 Å². The summed E-state index contributed by atoms with van der Waals surface area (Å²) in [5.74, 6) is 0.738. The number of piperazine rings is 1. The van der Waals surface area contributed by atoms with Gasteiger partial charge in [-0.2, -0.15) is 13.2 Å². The highest BCUT2D eigenvalue weighted by Crippen LogP contribution is 2.33. The molecule has 0 amide bonds. The quantitative estimate of drug-likeness (QED) is 0.897. The minimum absolute atomic E-state index is 0.328. The average Bonchev–Trinajstić information content (AvgIpc) is 2.98. The number of halogens is 3. The van der Waals surface area contributed by atoms with Gasteiger partial charge in [0.1, 0.15) is 0 Å². The molecule has 2 aliphatic rings. The van der Waals surface area contributed by atoms with E-state index < -0.39 is 11.7 Å². The van der Waals surface area contributed by atoms with Crippen LogP contribution in [-0.4, -0.2) is 69.1 Å². The number of rotatable bonds is 3. The molecule has 0 radical (unpaired) electrons. The molecule has 1 aromatic carbocycles. The van der Waals surface area contributed by atoms with E-state index >= 15 is 0 Å². The summed E-state index contributed by atoms with van der Waals surface area (Å²) in [7, 11) is 3.98. The molecular weight excluding hydrogens is 331 g/mol. The zero-order valence-corrected chi connectivity index (χ0v) is 14.6. The summed E-state index contributed by atoms with van der Waals surface area (Å²) in [6, 6.07) is 4.04. The van der Waals surface area contributed by atoms with E-state index in [1.54, 1.807) is 6.07 Å². The van der Waals surface area contributed by atoms with Gasteiger partial charge in [-0.25, -0.2) is 0 Å². The molecule has 138 valence electrons. The topological polar surface area (TPSA) is 34.1 Å². The van der Waals surface area contributed by atoms with Gasteiger partial charge in [-0.3, -0.25) is 4.99 Å². The van der Waals surface area contributed by atoms with Crippen LogP contribution in [0.3, 0.4) is 0 Å². The molecule has 2 aliphatic heterocycles. The third kappa shape index (κ3) is 4.18. The van der Waals surface area contributed by atoms with Crippen LogP contribution in [0.2, 0.25) is 0 Å². The lowest BCUT2D eigenvalue weighted by molar-refractivity contribution is -0.137. The molecule has 0 aromatic heterocycles. The van der Waals surface area contributed by atoms with Crippen LogP contribution in [0.15, 0.2) is 23.2 Å². The summed E-state index contributed by atoms with van der Waals surface area (Å²) in [5, 5.41) is 3.19. The van der Waals surface area contributed by atoms with E-state index in [4.69, 9.17) is 0 Å². The molecule has 5 nitrogen and oxygen atoms in total. The number of guanidine groups is 1. The number of benzene rings is 1. The fourth-order valence-electron chi connectivity index (χ4n) is 3.16. The third-order valence-corrected chi connectivity index (χ3v) is 4.75. The molecule has 0 spiro atoms. The second kappa shape index (κ2) is 7.11. The molecule has 0 unspecified atom stereocenters. The lowest BCUT2D eigenvalue weighted by atomic mass is 10.1. The minimum atomic E-state index is -4.34. The number of hydrogen-bond acceptors (Lipinski definition) is 5. The Bertz CT molecular complexity index is 636. The predicted molar refractivity (Wildman–Crippen MR) is 92.9 cm³/mol. The summed E-state index contributed by atoms with van der Waals surface area (Å²) >= 11 is 0. The molecule has 0 bridgehead atoms. The summed E-state index contributed by atoms with van der Waals surface area (Å²) in [5.41, 5.74) is 0.918. The Morgan fingerprint density at radius 1 is 1.08 bits per heavy atom. The van der Waals surface area contributed by atoms with Gasteiger partial charge in [-0.15, -0.1) is 0 Å². The number of nitrogens with one attached hydrogen (secondary N) is 1. The SMILES string of the molecule is CN1CCN(c2ccc(C(F)(F)F)cc2CNC2=NCCN2C)CC1. The van der Waals surface area contributed by atoms with Crippen molar-refractivity contribution in [1.82, 2.24) is 15.1 Å². The van der Waals surface area contributed by atoms with Crippen LogP contribution < -0.4 is 10.2 Å². The first-order chi connectivity index (χ1) is 11.8. The summed E-state index contributed by atoms with van der Waals surface area (Å²) in [6.45, 7) is 5.32. The van der Waals surface area contributed by atoms with Gasteiger partial charge in [-0.1, -0.05) is 0 Å². The Morgan fingerprint density at radius 3 is 2.40 bits per heavy atom. The van der Waals surface area contributed by atoms with Gasteiger partial charge in [0.15, 0.2) is 5.96 Å². The third-order valence-electron chi connectivity index (χ3n) is 4.75. The first-order valence-corrected chi connectivity index (χ1v) is 8.47. The van der Waals surface area contributed by atoms with Crippen LogP contribution in [0, 0.1) is 0 Å². The van der Waals surface area contributed by atoms with Crippen molar-refractivity contribution in [3.05, 3.63) is 29.3 Å². The van der Waals surface area contributed by atoms with Crippen LogP contribution in [0.5, 0.6) is 0 Å². The molecule has 8 heteroatoms. The monoisotopic (exact) mass is 355 g/mol. The maximum atomic E-state index is 13.1. The zero-order valence-electron chi connectivity index (χ0n) is 14.6. The van der Waals surface area contributed by atoms with Crippen LogP contribution in [0.1, 0.15) is 11.1 Å². The number of likely N-dealkylation sites (N-methyl/N-ethyl adjacent to an activating group) is 2. The van der Waals surface area contributed by atoms with Crippen molar-refractivity contribution in [3.8, 4) is 0 Å². The number of nitrogens with zero attached hydrogens (tertiary/aromatic N) is 4. The first-order valence-electron chi connectivity index (χ1n) is 8.47. The molecule has 1 fully saturated rings. The molecule has 3 rings (SSSR count). The van der Waals surface area contributed by atoms with Crippen LogP contribution >= 0.6 is 0 Å². The second-order valence-corrected chi connectivity index (χ2v) is 6.61. The normalized spacial score (nSPS) is 19.3. The maximum Gasteiger partial charge on any atom is 0.416 e. The molecule has 0 aliphatic carbocycles. The Balaban J connectivity index is 1.83. The first kappa shape index (κ1) is 17.8. The van der Waals surface area contributed by atoms with E-state index in [0.29, 0.717) is 18.7 Å². The van der Waals surface area contributed by atoms with Gasteiger partial charge in [0.2, 0.25) is 0 Å². The number of hydrogen-bond donors (Lipinski definition) is 1. The van der Waals surface area contributed by atoms with E-state index in [1.165, 1.54) is 12.1 Å². The Hall–Kier alpha value is -1.96. The Labute approximate surface area is 146 Å². The highest BCUT2D eigenvalue weighted by atomic mass is 19.4. The van der Waals surface area contributed by atoms with Crippen LogP contribution in [0.25, 0.3) is 0 Å². The number of alkyl halides is 3. The van der Waals surface area contributed by atoms with Gasteiger partial charge in [-0.05, 0) is 30.8 Å². The molecule has 0 atom stereocenters. The number of anilines is 1. The van der Waals surface area contributed by atoms with Crippen molar-refractivity contribution < 1.29 is 13.2 Å². The Morgan fingerprint density at radius 2 is 1.80 bits per heavy atom. The van der Waals surface area contributed by atoms with E-state index in [-0.39, 0.29) is 0 Å².